The van der Waals surface area contributed by atoms with Crippen LogP contribution in [0.2, 0.25) is 0 Å². The number of nitrogens with zero attached hydrogens (tertiary/aromatic N) is 4. The summed E-state index contributed by atoms with van der Waals surface area (Å²) in [5, 5.41) is 0.872. The fourth-order valence-corrected chi connectivity index (χ4v) is 3.80. The molecule has 4 aromatic rings. The number of rotatable bonds is 1. The SMILES string of the molecule is CC(C)(C)OC(=O)n1cc(-c2ccc3ncn(C(C)(C)C)c3c2)c2cc(Br)cnc21. The first-order chi connectivity index (χ1) is 13.9. The lowest BCUT2D eigenvalue weighted by atomic mass is 10.0. The first kappa shape index (κ1) is 20.6. The maximum Gasteiger partial charge on any atom is 0.420 e. The lowest BCUT2D eigenvalue weighted by molar-refractivity contribution is 0.0543. The van der Waals surface area contributed by atoms with Crippen LogP contribution in [0.3, 0.4) is 0 Å². The Morgan fingerprint density at radius 1 is 1.07 bits per heavy atom. The van der Waals surface area contributed by atoms with E-state index in [4.69, 9.17) is 4.74 Å². The molecule has 156 valence electrons. The number of hydrogen-bond donors (Lipinski definition) is 0. The third kappa shape index (κ3) is 3.74. The Morgan fingerprint density at radius 2 is 1.80 bits per heavy atom. The van der Waals surface area contributed by atoms with E-state index >= 15 is 0 Å². The summed E-state index contributed by atoms with van der Waals surface area (Å²) in [5.74, 6) is 0. The van der Waals surface area contributed by atoms with Gasteiger partial charge in [-0.25, -0.2) is 19.3 Å². The molecule has 1 aromatic carbocycles. The van der Waals surface area contributed by atoms with E-state index in [1.165, 1.54) is 4.57 Å². The average Bonchev–Trinajstić information content (AvgIpc) is 3.20. The smallest absolute Gasteiger partial charge is 0.420 e. The first-order valence-electron chi connectivity index (χ1n) is 9.82. The Morgan fingerprint density at radius 3 is 2.47 bits per heavy atom. The molecule has 0 saturated heterocycles. The molecular formula is C23H25BrN4O2. The van der Waals surface area contributed by atoms with Crippen LogP contribution in [0.5, 0.6) is 0 Å². The monoisotopic (exact) mass is 468 g/mol. The molecule has 0 N–H and O–H groups in total. The van der Waals surface area contributed by atoms with Crippen LogP contribution in [0, 0.1) is 0 Å². The molecular weight excluding hydrogens is 444 g/mol. The van der Waals surface area contributed by atoms with Gasteiger partial charge in [-0.3, -0.25) is 0 Å². The number of carbonyl (C=O) groups is 1. The molecule has 6 nitrogen and oxygen atoms in total. The van der Waals surface area contributed by atoms with E-state index in [1.807, 2.05) is 45.3 Å². The van der Waals surface area contributed by atoms with Crippen LogP contribution in [-0.4, -0.2) is 30.8 Å². The van der Waals surface area contributed by atoms with Gasteiger partial charge in [-0.2, -0.15) is 0 Å². The molecule has 0 aliphatic heterocycles. The van der Waals surface area contributed by atoms with E-state index in [0.29, 0.717) is 5.65 Å². The summed E-state index contributed by atoms with van der Waals surface area (Å²) in [6, 6.07) is 8.12. The Bertz CT molecular complexity index is 1270. The minimum atomic E-state index is -0.596. The number of halogens is 1. The van der Waals surface area contributed by atoms with Crippen molar-refractivity contribution in [2.75, 3.05) is 0 Å². The van der Waals surface area contributed by atoms with Gasteiger partial charge >= 0.3 is 6.09 Å². The minimum absolute atomic E-state index is 0.0948. The van der Waals surface area contributed by atoms with Gasteiger partial charge in [0, 0.05) is 33.4 Å². The van der Waals surface area contributed by atoms with Gasteiger partial charge in [0.15, 0.2) is 0 Å². The molecule has 0 saturated carbocycles. The van der Waals surface area contributed by atoms with Gasteiger partial charge in [0.25, 0.3) is 0 Å². The normalized spacial score (nSPS) is 12.6. The predicted molar refractivity (Wildman–Crippen MR) is 123 cm³/mol. The zero-order valence-electron chi connectivity index (χ0n) is 18.0. The number of hydrogen-bond acceptors (Lipinski definition) is 4. The molecule has 0 radical (unpaired) electrons. The van der Waals surface area contributed by atoms with Crippen molar-refractivity contribution in [2.45, 2.75) is 52.7 Å². The summed E-state index contributed by atoms with van der Waals surface area (Å²) in [6.07, 6.45) is 4.91. The van der Waals surface area contributed by atoms with E-state index in [2.05, 4.69) is 57.3 Å². The predicted octanol–water partition coefficient (Wildman–Crippen LogP) is 6.35. The standard InChI is InChI=1S/C23H25BrN4O2/c1-22(2,3)28-13-26-18-8-7-14(9-19(18)28)17-12-27(21(29)30-23(4,5)6)20-16(17)10-15(24)11-25-20/h7-13H,1-6H3. The molecule has 0 aliphatic rings. The summed E-state index contributed by atoms with van der Waals surface area (Å²) < 4.78 is 10.1. The molecule has 0 fully saturated rings. The van der Waals surface area contributed by atoms with E-state index in [0.717, 1.165) is 32.0 Å². The fraction of sp³-hybridized carbons (Fsp3) is 0.348. The Balaban J connectivity index is 1.93. The van der Waals surface area contributed by atoms with Gasteiger partial charge in [0.05, 0.1) is 17.4 Å². The minimum Gasteiger partial charge on any atom is -0.443 e. The highest BCUT2D eigenvalue weighted by Crippen LogP contribution is 2.34. The topological polar surface area (TPSA) is 61.9 Å². The molecule has 0 spiro atoms. The summed E-state index contributed by atoms with van der Waals surface area (Å²) >= 11 is 3.50. The van der Waals surface area contributed by atoms with Gasteiger partial charge in [-0.05, 0) is 81.2 Å². The number of aromatic nitrogens is 4. The average molecular weight is 469 g/mol. The van der Waals surface area contributed by atoms with Crippen LogP contribution in [0.25, 0.3) is 33.2 Å². The van der Waals surface area contributed by atoms with Crippen LogP contribution in [0.15, 0.2) is 47.5 Å². The highest BCUT2D eigenvalue weighted by molar-refractivity contribution is 9.10. The van der Waals surface area contributed by atoms with Gasteiger partial charge in [-0.1, -0.05) is 6.07 Å². The molecule has 0 atom stereocenters. The molecule has 4 rings (SSSR count). The number of pyridine rings is 1. The largest absolute Gasteiger partial charge is 0.443 e. The van der Waals surface area contributed by atoms with Crippen LogP contribution in [0.4, 0.5) is 4.79 Å². The molecule has 7 heteroatoms. The molecule has 0 unspecified atom stereocenters. The fourth-order valence-electron chi connectivity index (χ4n) is 3.47. The van der Waals surface area contributed by atoms with Crippen LogP contribution in [0.1, 0.15) is 41.5 Å². The van der Waals surface area contributed by atoms with Crippen LogP contribution >= 0.6 is 15.9 Å². The second kappa shape index (κ2) is 6.94. The lowest BCUT2D eigenvalue weighted by Gasteiger charge is -2.21. The maximum atomic E-state index is 12.8. The van der Waals surface area contributed by atoms with Crippen molar-refractivity contribution >= 4 is 44.1 Å². The molecule has 3 heterocycles. The van der Waals surface area contributed by atoms with Gasteiger partial charge in [0.1, 0.15) is 11.2 Å². The van der Waals surface area contributed by atoms with E-state index in [9.17, 15) is 4.79 Å². The van der Waals surface area contributed by atoms with Gasteiger partial charge in [0.2, 0.25) is 0 Å². The van der Waals surface area contributed by atoms with Crippen molar-refractivity contribution in [3.8, 4) is 11.1 Å². The van der Waals surface area contributed by atoms with E-state index in [-0.39, 0.29) is 5.54 Å². The van der Waals surface area contributed by atoms with E-state index < -0.39 is 11.7 Å². The Labute approximate surface area is 184 Å². The third-order valence-electron chi connectivity index (χ3n) is 4.78. The first-order valence-corrected chi connectivity index (χ1v) is 10.6. The van der Waals surface area contributed by atoms with Crippen molar-refractivity contribution in [1.29, 1.82) is 0 Å². The molecule has 3 aromatic heterocycles. The van der Waals surface area contributed by atoms with E-state index in [1.54, 1.807) is 12.4 Å². The molecule has 0 bridgehead atoms. The molecule has 30 heavy (non-hydrogen) atoms. The van der Waals surface area contributed by atoms with Gasteiger partial charge in [-0.15, -0.1) is 0 Å². The zero-order chi connectivity index (χ0) is 21.8. The number of benzene rings is 1. The number of imidazole rings is 1. The van der Waals surface area contributed by atoms with Crippen LogP contribution < -0.4 is 0 Å². The third-order valence-corrected chi connectivity index (χ3v) is 5.21. The van der Waals surface area contributed by atoms with Gasteiger partial charge < -0.3 is 9.30 Å². The summed E-state index contributed by atoms with van der Waals surface area (Å²) in [6.45, 7) is 12.0. The maximum absolute atomic E-state index is 12.8. The zero-order valence-corrected chi connectivity index (χ0v) is 19.6. The van der Waals surface area contributed by atoms with Crippen molar-refractivity contribution in [3.05, 3.63) is 47.5 Å². The van der Waals surface area contributed by atoms with Crippen molar-refractivity contribution in [1.82, 2.24) is 19.1 Å². The quantitative estimate of drug-likeness (QED) is 0.326. The summed E-state index contributed by atoms with van der Waals surface area (Å²) in [7, 11) is 0. The van der Waals surface area contributed by atoms with Crippen molar-refractivity contribution in [2.24, 2.45) is 0 Å². The van der Waals surface area contributed by atoms with Crippen molar-refractivity contribution in [3.63, 3.8) is 0 Å². The Kier molecular flexibility index (Phi) is 4.77. The molecule has 0 amide bonds. The number of fused-ring (bicyclic) bond motifs is 2. The summed E-state index contributed by atoms with van der Waals surface area (Å²) in [4.78, 5) is 21.9. The van der Waals surface area contributed by atoms with Crippen molar-refractivity contribution < 1.29 is 9.53 Å². The summed E-state index contributed by atoms with van der Waals surface area (Å²) in [5.41, 5.74) is 3.75. The molecule has 0 aliphatic carbocycles. The highest BCUT2D eigenvalue weighted by atomic mass is 79.9. The number of carbonyl (C=O) groups excluding carboxylic acids is 1. The second-order valence-electron chi connectivity index (χ2n) is 9.41. The Hall–Kier alpha value is -2.67. The lowest BCUT2D eigenvalue weighted by Crippen LogP contribution is -2.26. The second-order valence-corrected chi connectivity index (χ2v) is 10.3. The number of ether oxygens (including phenoxy) is 1. The van der Waals surface area contributed by atoms with Crippen LogP contribution in [-0.2, 0) is 10.3 Å². The highest BCUT2D eigenvalue weighted by Gasteiger charge is 2.23.